The molecule has 0 aromatic heterocycles. The number of hydrogen-bond acceptors (Lipinski definition) is 2. The minimum Gasteiger partial charge on any atom is -0.507 e. The molecule has 0 atom stereocenters. The van der Waals surface area contributed by atoms with Gasteiger partial charge in [-0.05, 0) is 26.1 Å². The summed E-state index contributed by atoms with van der Waals surface area (Å²) in [6, 6.07) is 5.84. The highest BCUT2D eigenvalue weighted by molar-refractivity contribution is 5.41. The summed E-state index contributed by atoms with van der Waals surface area (Å²) in [4.78, 5) is 2.03. The average Bonchev–Trinajstić information content (AvgIpc) is 2.11. The quantitative estimate of drug-likeness (QED) is 0.737. The molecule has 0 unspecified atom stereocenters. The van der Waals surface area contributed by atoms with E-state index < -0.39 is 0 Å². The zero-order valence-electron chi connectivity index (χ0n) is 8.83. The van der Waals surface area contributed by atoms with Crippen molar-refractivity contribution in [2.45, 2.75) is 13.0 Å². The standard InChI is InChI=1S/C12H17NO/c1-4-6-10-7-5-8-11(12(10)14)9-13(2)3/h4-5,7-8,14H,1,6,9H2,2-3H3. The first-order valence-electron chi connectivity index (χ1n) is 4.70. The highest BCUT2D eigenvalue weighted by atomic mass is 16.3. The van der Waals surface area contributed by atoms with Gasteiger partial charge in [-0.25, -0.2) is 0 Å². The highest BCUT2D eigenvalue weighted by Gasteiger charge is 2.05. The van der Waals surface area contributed by atoms with Crippen LogP contribution in [0.15, 0.2) is 30.9 Å². The largest absolute Gasteiger partial charge is 0.507 e. The van der Waals surface area contributed by atoms with Crippen LogP contribution in [0.1, 0.15) is 11.1 Å². The Hall–Kier alpha value is -1.28. The summed E-state index contributed by atoms with van der Waals surface area (Å²) in [5.74, 6) is 0.404. The fraction of sp³-hybridized carbons (Fsp3) is 0.333. The van der Waals surface area contributed by atoms with Gasteiger partial charge in [-0.15, -0.1) is 6.58 Å². The highest BCUT2D eigenvalue weighted by Crippen LogP contribution is 2.23. The fourth-order valence-corrected chi connectivity index (χ4v) is 1.43. The smallest absolute Gasteiger partial charge is 0.123 e. The molecule has 1 N–H and O–H groups in total. The van der Waals surface area contributed by atoms with E-state index in [2.05, 4.69) is 6.58 Å². The monoisotopic (exact) mass is 191 g/mol. The summed E-state index contributed by atoms with van der Waals surface area (Å²) in [5.41, 5.74) is 1.91. The van der Waals surface area contributed by atoms with Gasteiger partial charge in [0.15, 0.2) is 0 Å². The van der Waals surface area contributed by atoms with Crippen molar-refractivity contribution in [1.29, 1.82) is 0 Å². The number of aromatic hydroxyl groups is 1. The van der Waals surface area contributed by atoms with Crippen LogP contribution in [-0.4, -0.2) is 24.1 Å². The molecule has 0 aliphatic carbocycles. The molecule has 0 aliphatic rings. The molecule has 14 heavy (non-hydrogen) atoms. The van der Waals surface area contributed by atoms with E-state index in [0.717, 1.165) is 17.7 Å². The van der Waals surface area contributed by atoms with Crippen LogP contribution in [0.3, 0.4) is 0 Å². The summed E-state index contributed by atoms with van der Waals surface area (Å²) in [6.45, 7) is 4.43. The number of phenols is 1. The third-order valence-corrected chi connectivity index (χ3v) is 2.05. The number of hydrogen-bond donors (Lipinski definition) is 1. The molecule has 2 nitrogen and oxygen atoms in total. The van der Waals surface area contributed by atoms with Crippen molar-refractivity contribution in [3.63, 3.8) is 0 Å². The molecule has 0 bridgehead atoms. The van der Waals surface area contributed by atoms with Crippen molar-refractivity contribution in [3.05, 3.63) is 42.0 Å². The van der Waals surface area contributed by atoms with Crippen molar-refractivity contribution in [3.8, 4) is 5.75 Å². The summed E-state index contributed by atoms with van der Waals surface area (Å²) in [6.07, 6.45) is 2.52. The SMILES string of the molecule is C=CCc1cccc(CN(C)C)c1O. The Bertz CT molecular complexity index is 318. The van der Waals surface area contributed by atoms with E-state index in [1.54, 1.807) is 6.08 Å². The van der Waals surface area contributed by atoms with Crippen LogP contribution in [0.5, 0.6) is 5.75 Å². The van der Waals surface area contributed by atoms with Crippen molar-refractivity contribution < 1.29 is 5.11 Å². The number of nitrogens with zero attached hydrogens (tertiary/aromatic N) is 1. The predicted octanol–water partition coefficient (Wildman–Crippen LogP) is 2.18. The van der Waals surface area contributed by atoms with E-state index in [1.807, 2.05) is 37.2 Å². The lowest BCUT2D eigenvalue weighted by Crippen LogP contribution is -2.11. The molecular formula is C12H17NO. The second-order valence-electron chi connectivity index (χ2n) is 3.66. The van der Waals surface area contributed by atoms with Crippen molar-refractivity contribution >= 4 is 0 Å². The second kappa shape index (κ2) is 4.82. The molecule has 1 aromatic carbocycles. The van der Waals surface area contributed by atoms with E-state index in [0.29, 0.717) is 12.2 Å². The maximum absolute atomic E-state index is 9.89. The van der Waals surface area contributed by atoms with E-state index in [9.17, 15) is 5.11 Å². The lowest BCUT2D eigenvalue weighted by molar-refractivity contribution is 0.384. The molecule has 1 rings (SSSR count). The van der Waals surface area contributed by atoms with Crippen molar-refractivity contribution in [2.24, 2.45) is 0 Å². The van der Waals surface area contributed by atoms with Crippen LogP contribution in [0.2, 0.25) is 0 Å². The van der Waals surface area contributed by atoms with Crippen LogP contribution in [0.25, 0.3) is 0 Å². The van der Waals surface area contributed by atoms with Gasteiger partial charge < -0.3 is 10.0 Å². The van der Waals surface area contributed by atoms with Gasteiger partial charge in [-0.1, -0.05) is 24.3 Å². The van der Waals surface area contributed by atoms with Crippen LogP contribution in [0, 0.1) is 0 Å². The minimum absolute atomic E-state index is 0.404. The van der Waals surface area contributed by atoms with Crippen molar-refractivity contribution in [1.82, 2.24) is 4.90 Å². The summed E-state index contributed by atoms with van der Waals surface area (Å²) in [5, 5.41) is 9.89. The van der Waals surface area contributed by atoms with E-state index in [-0.39, 0.29) is 0 Å². The number of benzene rings is 1. The fourth-order valence-electron chi connectivity index (χ4n) is 1.43. The summed E-state index contributed by atoms with van der Waals surface area (Å²) < 4.78 is 0. The normalized spacial score (nSPS) is 10.5. The first-order valence-corrected chi connectivity index (χ1v) is 4.70. The molecular weight excluding hydrogens is 174 g/mol. The van der Waals surface area contributed by atoms with Crippen LogP contribution < -0.4 is 0 Å². The second-order valence-corrected chi connectivity index (χ2v) is 3.66. The molecule has 0 amide bonds. The summed E-state index contributed by atoms with van der Waals surface area (Å²) in [7, 11) is 3.97. The Morgan fingerprint density at radius 3 is 2.57 bits per heavy atom. The topological polar surface area (TPSA) is 23.5 Å². The zero-order valence-corrected chi connectivity index (χ0v) is 8.83. The molecule has 0 spiro atoms. The molecule has 0 fully saturated rings. The number of para-hydroxylation sites is 1. The maximum atomic E-state index is 9.89. The summed E-state index contributed by atoms with van der Waals surface area (Å²) >= 11 is 0. The molecule has 0 saturated heterocycles. The Morgan fingerprint density at radius 1 is 1.36 bits per heavy atom. The average molecular weight is 191 g/mol. The van der Waals surface area contributed by atoms with Gasteiger partial charge in [0.2, 0.25) is 0 Å². The van der Waals surface area contributed by atoms with Gasteiger partial charge in [0.25, 0.3) is 0 Å². The Morgan fingerprint density at radius 2 is 2.00 bits per heavy atom. The Kier molecular flexibility index (Phi) is 3.72. The first kappa shape index (κ1) is 10.8. The first-order chi connectivity index (χ1) is 6.65. The molecule has 0 aliphatic heterocycles. The van der Waals surface area contributed by atoms with Gasteiger partial charge in [-0.2, -0.15) is 0 Å². The number of phenolic OH excluding ortho intramolecular Hbond substituents is 1. The van der Waals surface area contributed by atoms with E-state index in [4.69, 9.17) is 0 Å². The minimum atomic E-state index is 0.404. The van der Waals surface area contributed by atoms with Crippen LogP contribution >= 0.6 is 0 Å². The van der Waals surface area contributed by atoms with Crippen LogP contribution in [-0.2, 0) is 13.0 Å². The van der Waals surface area contributed by atoms with Gasteiger partial charge >= 0.3 is 0 Å². The lowest BCUT2D eigenvalue weighted by Gasteiger charge is -2.13. The predicted molar refractivity (Wildman–Crippen MR) is 59.4 cm³/mol. The Labute approximate surface area is 85.5 Å². The van der Waals surface area contributed by atoms with Gasteiger partial charge in [0, 0.05) is 12.1 Å². The Balaban J connectivity index is 2.94. The maximum Gasteiger partial charge on any atom is 0.123 e. The van der Waals surface area contributed by atoms with E-state index in [1.165, 1.54) is 0 Å². The van der Waals surface area contributed by atoms with Gasteiger partial charge in [0.1, 0.15) is 5.75 Å². The third kappa shape index (κ3) is 2.60. The van der Waals surface area contributed by atoms with Gasteiger partial charge in [0.05, 0.1) is 0 Å². The van der Waals surface area contributed by atoms with E-state index >= 15 is 0 Å². The molecule has 0 heterocycles. The zero-order chi connectivity index (χ0) is 10.6. The molecule has 2 heteroatoms. The molecule has 0 radical (unpaired) electrons. The molecule has 0 saturated carbocycles. The molecule has 76 valence electrons. The third-order valence-electron chi connectivity index (χ3n) is 2.05. The molecule has 1 aromatic rings. The van der Waals surface area contributed by atoms with Crippen molar-refractivity contribution in [2.75, 3.05) is 14.1 Å². The lowest BCUT2D eigenvalue weighted by atomic mass is 10.1. The van der Waals surface area contributed by atoms with Gasteiger partial charge in [-0.3, -0.25) is 0 Å². The number of rotatable bonds is 4. The number of allylic oxidation sites excluding steroid dienone is 1. The van der Waals surface area contributed by atoms with Crippen LogP contribution in [0.4, 0.5) is 0 Å².